The highest BCUT2D eigenvalue weighted by atomic mass is 79.9. The molecule has 1 heterocycles. The summed E-state index contributed by atoms with van der Waals surface area (Å²) in [6, 6.07) is 16.6. The maximum absolute atomic E-state index is 12.2. The molecule has 1 N–H and O–H groups in total. The molecule has 0 bridgehead atoms. The molecule has 0 spiro atoms. The minimum Gasteiger partial charge on any atom is -1.00 e. The number of carbonyl (C=O) groups excluding carboxylic acids is 1. The van der Waals surface area contributed by atoms with Crippen molar-refractivity contribution in [3.8, 4) is 0 Å². The molecule has 1 aliphatic heterocycles. The Labute approximate surface area is 188 Å². The van der Waals surface area contributed by atoms with E-state index < -0.39 is 0 Å². The van der Waals surface area contributed by atoms with E-state index in [1.54, 1.807) is 6.08 Å². The number of rotatable bonds is 6. The first kappa shape index (κ1) is 23.6. The number of nitrogens with zero attached hydrogens (tertiary/aromatic N) is 1. The van der Waals surface area contributed by atoms with E-state index in [0.29, 0.717) is 6.04 Å². The SMILES string of the molecule is C[N+](C)(Cc1ccc(NC(=O)C=Cc2cccc(Br)c2)cc1)C1CCOCC1.[Cl-]. The average molecular weight is 480 g/mol. The van der Waals surface area contributed by atoms with E-state index >= 15 is 0 Å². The summed E-state index contributed by atoms with van der Waals surface area (Å²) in [6.45, 7) is 2.71. The lowest BCUT2D eigenvalue weighted by atomic mass is 10.0. The first-order chi connectivity index (χ1) is 13.4. The van der Waals surface area contributed by atoms with Gasteiger partial charge in [0, 0.05) is 34.6 Å². The standard InChI is InChI=1S/C23H27BrN2O2.ClH/c1-26(2,22-12-14-28-15-13-22)17-19-6-9-21(10-7-19)25-23(27)11-8-18-4-3-5-20(24)16-18;/h3-11,16,22H,12-15,17H2,1-2H3;1H. The fourth-order valence-electron chi connectivity index (χ4n) is 3.64. The van der Waals surface area contributed by atoms with Crippen LogP contribution >= 0.6 is 15.9 Å². The van der Waals surface area contributed by atoms with Gasteiger partial charge in [-0.3, -0.25) is 4.79 Å². The Hall–Kier alpha value is -1.66. The van der Waals surface area contributed by atoms with E-state index in [9.17, 15) is 4.79 Å². The summed E-state index contributed by atoms with van der Waals surface area (Å²) in [7, 11) is 4.58. The predicted octanol–water partition coefficient (Wildman–Crippen LogP) is 1.86. The van der Waals surface area contributed by atoms with Crippen molar-refractivity contribution in [1.29, 1.82) is 0 Å². The summed E-state index contributed by atoms with van der Waals surface area (Å²) in [4.78, 5) is 12.2. The third-order valence-electron chi connectivity index (χ3n) is 5.27. The number of benzene rings is 2. The smallest absolute Gasteiger partial charge is 0.248 e. The molecule has 1 aliphatic rings. The van der Waals surface area contributed by atoms with Gasteiger partial charge in [-0.2, -0.15) is 0 Å². The number of anilines is 1. The van der Waals surface area contributed by atoms with Crippen LogP contribution in [0.3, 0.4) is 0 Å². The van der Waals surface area contributed by atoms with Crippen molar-refractivity contribution in [2.45, 2.75) is 25.4 Å². The third kappa shape index (κ3) is 7.27. The molecule has 0 aliphatic carbocycles. The molecule has 4 nitrogen and oxygen atoms in total. The van der Waals surface area contributed by atoms with Crippen LogP contribution in [0.2, 0.25) is 0 Å². The zero-order valence-electron chi connectivity index (χ0n) is 16.9. The molecular weight excluding hydrogens is 452 g/mol. The van der Waals surface area contributed by atoms with Gasteiger partial charge in [0.2, 0.25) is 5.91 Å². The molecule has 3 rings (SSSR count). The second-order valence-electron chi connectivity index (χ2n) is 7.85. The monoisotopic (exact) mass is 478 g/mol. The number of carbonyl (C=O) groups is 1. The van der Waals surface area contributed by atoms with Gasteiger partial charge in [-0.1, -0.05) is 40.2 Å². The molecule has 0 atom stereocenters. The lowest BCUT2D eigenvalue weighted by Crippen LogP contribution is -3.00. The Morgan fingerprint density at radius 1 is 1.17 bits per heavy atom. The van der Waals surface area contributed by atoms with E-state index in [0.717, 1.165) is 52.8 Å². The third-order valence-corrected chi connectivity index (χ3v) is 5.76. The van der Waals surface area contributed by atoms with Gasteiger partial charge in [0.25, 0.3) is 0 Å². The summed E-state index contributed by atoms with van der Waals surface area (Å²) < 4.78 is 7.45. The first-order valence-corrected chi connectivity index (χ1v) is 10.5. The van der Waals surface area contributed by atoms with Gasteiger partial charge in [-0.15, -0.1) is 0 Å². The van der Waals surface area contributed by atoms with E-state index in [1.807, 2.05) is 42.5 Å². The summed E-state index contributed by atoms with van der Waals surface area (Å²) >= 11 is 3.43. The van der Waals surface area contributed by atoms with Crippen LogP contribution in [-0.2, 0) is 16.1 Å². The second kappa shape index (κ2) is 10.9. The molecule has 1 saturated heterocycles. The van der Waals surface area contributed by atoms with Crippen molar-refractivity contribution >= 4 is 33.6 Å². The lowest BCUT2D eigenvalue weighted by Gasteiger charge is -2.40. The summed E-state index contributed by atoms with van der Waals surface area (Å²) in [5.41, 5.74) is 3.07. The molecule has 0 radical (unpaired) electrons. The Kier molecular flexibility index (Phi) is 8.90. The molecule has 156 valence electrons. The summed E-state index contributed by atoms with van der Waals surface area (Å²) in [5.74, 6) is -0.133. The number of halogens is 2. The largest absolute Gasteiger partial charge is 1.00 e. The van der Waals surface area contributed by atoms with Crippen LogP contribution in [0, 0.1) is 0 Å². The zero-order valence-corrected chi connectivity index (χ0v) is 19.2. The first-order valence-electron chi connectivity index (χ1n) is 9.66. The maximum Gasteiger partial charge on any atom is 0.248 e. The van der Waals surface area contributed by atoms with E-state index in [1.165, 1.54) is 5.56 Å². The van der Waals surface area contributed by atoms with Crippen LogP contribution in [0.5, 0.6) is 0 Å². The number of hydrogen-bond acceptors (Lipinski definition) is 2. The van der Waals surface area contributed by atoms with Crippen molar-refractivity contribution in [1.82, 2.24) is 0 Å². The molecule has 2 aromatic carbocycles. The number of quaternary nitrogens is 1. The number of nitrogens with one attached hydrogen (secondary N) is 1. The molecule has 29 heavy (non-hydrogen) atoms. The second-order valence-corrected chi connectivity index (χ2v) is 8.77. The van der Waals surface area contributed by atoms with Crippen molar-refractivity contribution in [2.75, 3.05) is 32.6 Å². The van der Waals surface area contributed by atoms with Crippen LogP contribution < -0.4 is 17.7 Å². The molecule has 0 aromatic heterocycles. The van der Waals surface area contributed by atoms with Gasteiger partial charge in [0.1, 0.15) is 6.54 Å². The van der Waals surface area contributed by atoms with E-state index in [-0.39, 0.29) is 18.3 Å². The van der Waals surface area contributed by atoms with E-state index in [2.05, 4.69) is 47.5 Å². The van der Waals surface area contributed by atoms with Crippen molar-refractivity contribution in [2.24, 2.45) is 0 Å². The zero-order chi connectivity index (χ0) is 20.0. The lowest BCUT2D eigenvalue weighted by molar-refractivity contribution is -0.929. The van der Waals surface area contributed by atoms with Crippen molar-refractivity contribution in [3.05, 3.63) is 70.2 Å². The number of amides is 1. The van der Waals surface area contributed by atoms with Crippen LogP contribution in [0.15, 0.2) is 59.1 Å². The van der Waals surface area contributed by atoms with Crippen molar-refractivity contribution in [3.63, 3.8) is 0 Å². The quantitative estimate of drug-likeness (QED) is 0.507. The molecule has 6 heteroatoms. The summed E-state index contributed by atoms with van der Waals surface area (Å²) in [5, 5.41) is 2.92. The summed E-state index contributed by atoms with van der Waals surface area (Å²) in [6.07, 6.45) is 5.60. The Morgan fingerprint density at radius 2 is 1.86 bits per heavy atom. The predicted molar refractivity (Wildman–Crippen MR) is 118 cm³/mol. The molecule has 1 fully saturated rings. The van der Waals surface area contributed by atoms with Crippen molar-refractivity contribution < 1.29 is 26.4 Å². The van der Waals surface area contributed by atoms with Crippen LogP contribution in [-0.4, -0.2) is 43.7 Å². The molecule has 0 saturated carbocycles. The Bertz CT molecular complexity index is 831. The molecule has 0 unspecified atom stereocenters. The fraction of sp³-hybridized carbons (Fsp3) is 0.348. The van der Waals surface area contributed by atoms with Gasteiger partial charge in [-0.05, 0) is 35.9 Å². The average Bonchev–Trinajstić information content (AvgIpc) is 2.68. The van der Waals surface area contributed by atoms with Crippen LogP contribution in [0.1, 0.15) is 24.0 Å². The highest BCUT2D eigenvalue weighted by molar-refractivity contribution is 9.10. The minimum absolute atomic E-state index is 0. The van der Waals surface area contributed by atoms with Gasteiger partial charge < -0.3 is 26.9 Å². The van der Waals surface area contributed by atoms with Gasteiger partial charge in [0.05, 0.1) is 33.4 Å². The topological polar surface area (TPSA) is 38.3 Å². The highest BCUT2D eigenvalue weighted by Crippen LogP contribution is 2.23. The fourth-order valence-corrected chi connectivity index (χ4v) is 4.06. The Morgan fingerprint density at radius 3 is 2.52 bits per heavy atom. The van der Waals surface area contributed by atoms with Gasteiger partial charge >= 0.3 is 0 Å². The number of hydrogen-bond donors (Lipinski definition) is 1. The van der Waals surface area contributed by atoms with Gasteiger partial charge in [-0.25, -0.2) is 0 Å². The normalized spacial score (nSPS) is 15.1. The number of ether oxygens (including phenoxy) is 1. The van der Waals surface area contributed by atoms with Crippen LogP contribution in [0.4, 0.5) is 5.69 Å². The molecule has 2 aromatic rings. The van der Waals surface area contributed by atoms with Gasteiger partial charge in [0.15, 0.2) is 0 Å². The highest BCUT2D eigenvalue weighted by Gasteiger charge is 2.30. The molecular formula is C23H28BrClN2O2. The van der Waals surface area contributed by atoms with E-state index in [4.69, 9.17) is 4.74 Å². The Balaban J connectivity index is 0.00000300. The minimum atomic E-state index is -0.133. The molecule has 1 amide bonds. The maximum atomic E-state index is 12.2. The van der Waals surface area contributed by atoms with Crippen LogP contribution in [0.25, 0.3) is 6.08 Å².